The lowest BCUT2D eigenvalue weighted by molar-refractivity contribution is 0.0782. The lowest BCUT2D eigenvalue weighted by atomic mass is 10.2. The summed E-state index contributed by atoms with van der Waals surface area (Å²) in [4.78, 5) is 13.6. The number of nitrogens with zero attached hydrogens (tertiary/aromatic N) is 2. The Balaban J connectivity index is 2.14. The molecule has 2 aromatic rings. The largest absolute Gasteiger partial charge is 0.361 e. The van der Waals surface area contributed by atoms with E-state index in [4.69, 9.17) is 16.1 Å². The van der Waals surface area contributed by atoms with Gasteiger partial charge in [-0.25, -0.2) is 4.39 Å². The Bertz CT molecular complexity index is 612. The molecule has 1 aromatic carbocycles. The molecule has 0 saturated carbocycles. The summed E-state index contributed by atoms with van der Waals surface area (Å²) in [6.45, 7) is 2.07. The maximum absolute atomic E-state index is 12.9. The van der Waals surface area contributed by atoms with E-state index in [1.165, 1.54) is 17.0 Å². The van der Waals surface area contributed by atoms with Gasteiger partial charge in [0.2, 0.25) is 0 Å². The van der Waals surface area contributed by atoms with E-state index in [0.29, 0.717) is 18.0 Å². The van der Waals surface area contributed by atoms with Gasteiger partial charge in [-0.2, -0.15) is 0 Å². The van der Waals surface area contributed by atoms with Crippen molar-refractivity contribution < 1.29 is 13.7 Å². The van der Waals surface area contributed by atoms with Crippen LogP contribution in [0.2, 0.25) is 5.02 Å². The van der Waals surface area contributed by atoms with Gasteiger partial charge in [-0.1, -0.05) is 16.8 Å². The number of amides is 1. The zero-order valence-electron chi connectivity index (χ0n) is 10.5. The highest BCUT2D eigenvalue weighted by Gasteiger charge is 2.17. The van der Waals surface area contributed by atoms with E-state index in [2.05, 4.69) is 5.16 Å². The Hall–Kier alpha value is -1.88. The summed E-state index contributed by atoms with van der Waals surface area (Å²) >= 11 is 5.85. The zero-order chi connectivity index (χ0) is 14.0. The number of hydrogen-bond acceptors (Lipinski definition) is 3. The van der Waals surface area contributed by atoms with Gasteiger partial charge in [-0.3, -0.25) is 4.79 Å². The molecule has 4 nitrogen and oxygen atoms in total. The molecule has 0 atom stereocenters. The number of hydrogen-bond donors (Lipinski definition) is 0. The third-order valence-electron chi connectivity index (χ3n) is 2.58. The standard InChI is InChI=1S/C13H12ClFN2O2/c1-8-5-10(16-19-8)7-17(2)13(18)11-4-3-9(15)6-12(11)14/h3-6H,7H2,1-2H3. The second kappa shape index (κ2) is 5.40. The van der Waals surface area contributed by atoms with E-state index < -0.39 is 5.82 Å². The first-order chi connectivity index (χ1) is 8.97. The molecule has 100 valence electrons. The Morgan fingerprint density at radius 1 is 1.47 bits per heavy atom. The summed E-state index contributed by atoms with van der Waals surface area (Å²) < 4.78 is 17.9. The summed E-state index contributed by atoms with van der Waals surface area (Å²) in [5, 5.41) is 3.90. The number of rotatable bonds is 3. The number of carbonyl (C=O) groups is 1. The normalized spacial score (nSPS) is 10.5. The molecule has 1 amide bonds. The molecule has 1 aromatic heterocycles. The molecule has 0 aliphatic rings. The highest BCUT2D eigenvalue weighted by molar-refractivity contribution is 6.33. The molecule has 0 radical (unpaired) electrons. The van der Waals surface area contributed by atoms with E-state index in [1.807, 2.05) is 0 Å². The quantitative estimate of drug-likeness (QED) is 0.869. The highest BCUT2D eigenvalue weighted by Crippen LogP contribution is 2.19. The number of benzene rings is 1. The molecule has 0 saturated heterocycles. The first kappa shape index (κ1) is 13.5. The second-order valence-corrected chi connectivity index (χ2v) is 4.62. The van der Waals surface area contributed by atoms with Crippen molar-refractivity contribution in [3.05, 3.63) is 52.1 Å². The minimum atomic E-state index is -0.476. The van der Waals surface area contributed by atoms with Gasteiger partial charge in [-0.05, 0) is 25.1 Å². The minimum absolute atomic E-state index is 0.0909. The van der Waals surface area contributed by atoms with E-state index in [9.17, 15) is 9.18 Å². The molecular weight excluding hydrogens is 271 g/mol. The van der Waals surface area contributed by atoms with Gasteiger partial charge < -0.3 is 9.42 Å². The molecule has 6 heteroatoms. The van der Waals surface area contributed by atoms with Gasteiger partial charge in [0.25, 0.3) is 5.91 Å². The van der Waals surface area contributed by atoms with Crippen LogP contribution in [0, 0.1) is 12.7 Å². The van der Waals surface area contributed by atoms with Crippen molar-refractivity contribution in [1.82, 2.24) is 10.1 Å². The molecule has 1 heterocycles. The van der Waals surface area contributed by atoms with E-state index in [0.717, 1.165) is 6.07 Å². The molecule has 0 bridgehead atoms. The molecule has 0 unspecified atom stereocenters. The van der Waals surface area contributed by atoms with Crippen molar-refractivity contribution >= 4 is 17.5 Å². The van der Waals surface area contributed by atoms with Gasteiger partial charge in [0, 0.05) is 13.1 Å². The number of aryl methyl sites for hydroxylation is 1. The molecule has 2 rings (SSSR count). The summed E-state index contributed by atoms with van der Waals surface area (Å²) in [5.74, 6) is -0.0994. The van der Waals surface area contributed by atoms with Crippen molar-refractivity contribution in [3.8, 4) is 0 Å². The number of aromatic nitrogens is 1. The lowest BCUT2D eigenvalue weighted by Gasteiger charge is -2.16. The number of carbonyl (C=O) groups excluding carboxylic acids is 1. The Morgan fingerprint density at radius 2 is 2.21 bits per heavy atom. The van der Waals surface area contributed by atoms with Crippen molar-refractivity contribution in [3.63, 3.8) is 0 Å². The summed E-state index contributed by atoms with van der Waals surface area (Å²) in [6.07, 6.45) is 0. The Kier molecular flexibility index (Phi) is 3.85. The van der Waals surface area contributed by atoms with Crippen LogP contribution in [0.25, 0.3) is 0 Å². The first-order valence-corrected chi connectivity index (χ1v) is 5.98. The van der Waals surface area contributed by atoms with Crippen molar-refractivity contribution in [2.45, 2.75) is 13.5 Å². The molecule has 0 aliphatic carbocycles. The number of halogens is 2. The molecule has 19 heavy (non-hydrogen) atoms. The lowest BCUT2D eigenvalue weighted by Crippen LogP contribution is -2.26. The van der Waals surface area contributed by atoms with Gasteiger partial charge in [0.1, 0.15) is 17.3 Å². The van der Waals surface area contributed by atoms with Crippen molar-refractivity contribution in [1.29, 1.82) is 0 Å². The smallest absolute Gasteiger partial charge is 0.255 e. The maximum Gasteiger partial charge on any atom is 0.255 e. The monoisotopic (exact) mass is 282 g/mol. The van der Waals surface area contributed by atoms with Crippen LogP contribution in [0.1, 0.15) is 21.8 Å². The van der Waals surface area contributed by atoms with Crippen LogP contribution in [-0.4, -0.2) is 23.0 Å². The summed E-state index contributed by atoms with van der Waals surface area (Å²) in [7, 11) is 1.62. The predicted octanol–water partition coefficient (Wildman–Crippen LogP) is 3.05. The third-order valence-corrected chi connectivity index (χ3v) is 2.90. The fourth-order valence-electron chi connectivity index (χ4n) is 1.68. The van der Waals surface area contributed by atoms with Gasteiger partial charge in [-0.15, -0.1) is 0 Å². The van der Waals surface area contributed by atoms with Crippen molar-refractivity contribution in [2.24, 2.45) is 0 Å². The second-order valence-electron chi connectivity index (χ2n) is 4.21. The first-order valence-electron chi connectivity index (χ1n) is 5.60. The SMILES string of the molecule is Cc1cc(CN(C)C(=O)c2ccc(F)cc2Cl)no1. The van der Waals surface area contributed by atoms with Crippen LogP contribution in [0.5, 0.6) is 0 Å². The van der Waals surface area contributed by atoms with Crippen LogP contribution in [-0.2, 0) is 6.54 Å². The topological polar surface area (TPSA) is 46.3 Å². The fraction of sp³-hybridized carbons (Fsp3) is 0.231. The highest BCUT2D eigenvalue weighted by atomic mass is 35.5. The van der Waals surface area contributed by atoms with E-state index in [-0.39, 0.29) is 16.5 Å². The third kappa shape index (κ3) is 3.12. The predicted molar refractivity (Wildman–Crippen MR) is 68.4 cm³/mol. The molecule has 0 spiro atoms. The fourth-order valence-corrected chi connectivity index (χ4v) is 1.92. The van der Waals surface area contributed by atoms with Crippen molar-refractivity contribution in [2.75, 3.05) is 7.05 Å². The minimum Gasteiger partial charge on any atom is -0.361 e. The zero-order valence-corrected chi connectivity index (χ0v) is 11.2. The maximum atomic E-state index is 12.9. The average molecular weight is 283 g/mol. The summed E-state index contributed by atoms with van der Waals surface area (Å²) in [5.41, 5.74) is 0.900. The summed E-state index contributed by atoms with van der Waals surface area (Å²) in [6, 6.07) is 5.43. The Morgan fingerprint density at radius 3 is 2.79 bits per heavy atom. The van der Waals surface area contributed by atoms with Gasteiger partial charge >= 0.3 is 0 Å². The van der Waals surface area contributed by atoms with Gasteiger partial charge in [0.05, 0.1) is 17.1 Å². The van der Waals surface area contributed by atoms with Crippen LogP contribution < -0.4 is 0 Å². The van der Waals surface area contributed by atoms with Crippen LogP contribution >= 0.6 is 11.6 Å². The average Bonchev–Trinajstić information content (AvgIpc) is 2.74. The van der Waals surface area contributed by atoms with E-state index in [1.54, 1.807) is 20.0 Å². The molecular formula is C13H12ClFN2O2. The van der Waals surface area contributed by atoms with Crippen LogP contribution in [0.4, 0.5) is 4.39 Å². The molecule has 0 aliphatic heterocycles. The molecule has 0 fully saturated rings. The van der Waals surface area contributed by atoms with Crippen LogP contribution in [0.3, 0.4) is 0 Å². The Labute approximate surface area is 114 Å². The van der Waals surface area contributed by atoms with E-state index >= 15 is 0 Å². The van der Waals surface area contributed by atoms with Crippen LogP contribution in [0.15, 0.2) is 28.8 Å². The van der Waals surface area contributed by atoms with Gasteiger partial charge in [0.15, 0.2) is 0 Å². The molecule has 0 N–H and O–H groups in total.